The normalized spacial score (nSPS) is 31.5. The van der Waals surface area contributed by atoms with E-state index in [0.29, 0.717) is 6.42 Å². The van der Waals surface area contributed by atoms with Crippen LogP contribution in [0.25, 0.3) is 0 Å². The standard InChI is InChI=1S/C10H18O3/c1-9(2,13)5-6-7(8(11)12)10(6,3)4/h6-7,13H,5H2,1-4H3,(H,11,12)/t6-,7-/m1/s1. The third kappa shape index (κ3) is 2.02. The summed E-state index contributed by atoms with van der Waals surface area (Å²) in [4.78, 5) is 10.8. The highest BCUT2D eigenvalue weighted by Gasteiger charge is 2.62. The van der Waals surface area contributed by atoms with E-state index in [1.54, 1.807) is 13.8 Å². The van der Waals surface area contributed by atoms with Crippen LogP contribution in [0.1, 0.15) is 34.1 Å². The Morgan fingerprint density at radius 2 is 1.92 bits per heavy atom. The van der Waals surface area contributed by atoms with Crippen molar-refractivity contribution in [2.24, 2.45) is 17.3 Å². The van der Waals surface area contributed by atoms with E-state index in [1.165, 1.54) is 0 Å². The summed E-state index contributed by atoms with van der Waals surface area (Å²) in [5.41, 5.74) is -0.905. The first-order valence-corrected chi connectivity index (χ1v) is 4.61. The van der Waals surface area contributed by atoms with Gasteiger partial charge in [0.2, 0.25) is 0 Å². The van der Waals surface area contributed by atoms with Crippen molar-refractivity contribution in [1.29, 1.82) is 0 Å². The summed E-state index contributed by atoms with van der Waals surface area (Å²) >= 11 is 0. The molecule has 0 aliphatic heterocycles. The molecular weight excluding hydrogens is 168 g/mol. The van der Waals surface area contributed by atoms with E-state index in [-0.39, 0.29) is 17.3 Å². The Bertz CT molecular complexity index is 225. The first-order valence-electron chi connectivity index (χ1n) is 4.61. The molecule has 2 N–H and O–H groups in total. The average molecular weight is 186 g/mol. The zero-order chi connectivity index (χ0) is 10.4. The molecule has 0 radical (unpaired) electrons. The third-order valence-corrected chi connectivity index (χ3v) is 3.04. The SMILES string of the molecule is CC(C)(O)C[C@@H]1[C@H](C(=O)O)C1(C)C. The van der Waals surface area contributed by atoms with Crippen LogP contribution >= 0.6 is 0 Å². The highest BCUT2D eigenvalue weighted by molar-refractivity contribution is 5.75. The molecule has 0 unspecified atom stereocenters. The predicted octanol–water partition coefficient (Wildman–Crippen LogP) is 1.50. The minimum atomic E-state index is -0.758. The molecule has 0 aromatic heterocycles. The van der Waals surface area contributed by atoms with Gasteiger partial charge >= 0.3 is 5.97 Å². The number of aliphatic hydroxyl groups is 1. The van der Waals surface area contributed by atoms with Crippen molar-refractivity contribution < 1.29 is 15.0 Å². The summed E-state index contributed by atoms with van der Waals surface area (Å²) in [6.07, 6.45) is 0.566. The maximum atomic E-state index is 10.8. The second kappa shape index (κ2) is 2.71. The largest absolute Gasteiger partial charge is 0.481 e. The van der Waals surface area contributed by atoms with Gasteiger partial charge in [-0.3, -0.25) is 4.79 Å². The Morgan fingerprint density at radius 1 is 1.46 bits per heavy atom. The second-order valence-electron chi connectivity index (χ2n) is 5.26. The van der Waals surface area contributed by atoms with Crippen LogP contribution in [0.2, 0.25) is 0 Å². The van der Waals surface area contributed by atoms with Gasteiger partial charge in [0.05, 0.1) is 11.5 Å². The molecule has 0 spiro atoms. The summed E-state index contributed by atoms with van der Waals surface area (Å²) in [6.45, 7) is 7.34. The Hall–Kier alpha value is -0.570. The quantitative estimate of drug-likeness (QED) is 0.702. The number of aliphatic carboxylic acids is 1. The monoisotopic (exact) mass is 186 g/mol. The minimum Gasteiger partial charge on any atom is -0.481 e. The van der Waals surface area contributed by atoms with Gasteiger partial charge in [-0.05, 0) is 31.6 Å². The van der Waals surface area contributed by atoms with Gasteiger partial charge in [0.1, 0.15) is 0 Å². The highest BCUT2D eigenvalue weighted by Crippen LogP contribution is 2.61. The molecule has 3 heteroatoms. The van der Waals surface area contributed by atoms with Gasteiger partial charge in [-0.1, -0.05) is 13.8 Å². The minimum absolute atomic E-state index is 0.116. The van der Waals surface area contributed by atoms with Crippen molar-refractivity contribution in [2.75, 3.05) is 0 Å². The molecular formula is C10H18O3. The Labute approximate surface area is 78.8 Å². The molecule has 1 rings (SSSR count). The zero-order valence-electron chi connectivity index (χ0n) is 8.66. The summed E-state index contributed by atoms with van der Waals surface area (Å²) in [6, 6.07) is 0. The molecule has 2 atom stereocenters. The molecule has 1 aliphatic carbocycles. The fraction of sp³-hybridized carbons (Fsp3) is 0.900. The fourth-order valence-electron chi connectivity index (χ4n) is 2.15. The molecule has 3 nitrogen and oxygen atoms in total. The van der Waals surface area contributed by atoms with Crippen LogP contribution in [0.3, 0.4) is 0 Å². The predicted molar refractivity (Wildman–Crippen MR) is 49.3 cm³/mol. The molecule has 0 saturated heterocycles. The topological polar surface area (TPSA) is 57.5 Å². The number of carboxylic acids is 1. The van der Waals surface area contributed by atoms with Crippen LogP contribution in [0, 0.1) is 17.3 Å². The van der Waals surface area contributed by atoms with E-state index in [0.717, 1.165) is 0 Å². The first-order chi connectivity index (χ1) is 5.66. The maximum absolute atomic E-state index is 10.8. The molecule has 1 fully saturated rings. The van der Waals surface area contributed by atoms with Crippen molar-refractivity contribution in [2.45, 2.75) is 39.7 Å². The number of carboxylic acid groups (broad SMARTS) is 1. The van der Waals surface area contributed by atoms with Gasteiger partial charge in [-0.15, -0.1) is 0 Å². The smallest absolute Gasteiger partial charge is 0.307 e. The van der Waals surface area contributed by atoms with Crippen molar-refractivity contribution >= 4 is 5.97 Å². The number of hydrogen-bond donors (Lipinski definition) is 2. The lowest BCUT2D eigenvalue weighted by Crippen LogP contribution is -2.20. The number of carbonyl (C=O) groups is 1. The number of rotatable bonds is 3. The van der Waals surface area contributed by atoms with Crippen LogP contribution in [0.15, 0.2) is 0 Å². The van der Waals surface area contributed by atoms with E-state index in [2.05, 4.69) is 0 Å². The molecule has 13 heavy (non-hydrogen) atoms. The molecule has 0 amide bonds. The molecule has 1 aliphatic rings. The lowest BCUT2D eigenvalue weighted by Gasteiger charge is -2.17. The first kappa shape index (κ1) is 10.5. The van der Waals surface area contributed by atoms with Gasteiger partial charge in [0.25, 0.3) is 0 Å². The Kier molecular flexibility index (Phi) is 2.19. The summed E-state index contributed by atoms with van der Waals surface area (Å²) in [5, 5.41) is 18.4. The van der Waals surface area contributed by atoms with Gasteiger partial charge < -0.3 is 10.2 Å². The van der Waals surface area contributed by atoms with Crippen molar-refractivity contribution in [3.8, 4) is 0 Å². The summed E-state index contributed by atoms with van der Waals surface area (Å²) in [5.74, 6) is -0.900. The molecule has 76 valence electrons. The van der Waals surface area contributed by atoms with Gasteiger partial charge in [0, 0.05) is 0 Å². The number of hydrogen-bond acceptors (Lipinski definition) is 2. The zero-order valence-corrected chi connectivity index (χ0v) is 8.66. The van der Waals surface area contributed by atoms with Crippen LogP contribution in [0.4, 0.5) is 0 Å². The lowest BCUT2D eigenvalue weighted by atomic mass is 9.97. The van der Waals surface area contributed by atoms with E-state index in [4.69, 9.17) is 5.11 Å². The summed E-state index contributed by atoms with van der Waals surface area (Å²) < 4.78 is 0. The second-order valence-corrected chi connectivity index (χ2v) is 5.26. The molecule has 0 bridgehead atoms. The third-order valence-electron chi connectivity index (χ3n) is 3.04. The molecule has 0 heterocycles. The van der Waals surface area contributed by atoms with Crippen molar-refractivity contribution in [3.63, 3.8) is 0 Å². The van der Waals surface area contributed by atoms with Gasteiger partial charge in [-0.2, -0.15) is 0 Å². The fourth-order valence-corrected chi connectivity index (χ4v) is 2.15. The van der Waals surface area contributed by atoms with Crippen LogP contribution in [-0.4, -0.2) is 21.8 Å². The van der Waals surface area contributed by atoms with E-state index >= 15 is 0 Å². The van der Waals surface area contributed by atoms with Crippen LogP contribution in [-0.2, 0) is 4.79 Å². The molecule has 1 saturated carbocycles. The Morgan fingerprint density at radius 3 is 2.15 bits per heavy atom. The van der Waals surface area contributed by atoms with Crippen molar-refractivity contribution in [1.82, 2.24) is 0 Å². The maximum Gasteiger partial charge on any atom is 0.307 e. The van der Waals surface area contributed by atoms with Gasteiger partial charge in [-0.25, -0.2) is 0 Å². The highest BCUT2D eigenvalue weighted by atomic mass is 16.4. The van der Waals surface area contributed by atoms with E-state index < -0.39 is 11.6 Å². The lowest BCUT2D eigenvalue weighted by molar-refractivity contribution is -0.139. The molecule has 0 aromatic carbocycles. The van der Waals surface area contributed by atoms with Crippen molar-refractivity contribution in [3.05, 3.63) is 0 Å². The Balaban J connectivity index is 2.61. The summed E-state index contributed by atoms with van der Waals surface area (Å²) in [7, 11) is 0. The van der Waals surface area contributed by atoms with E-state index in [1.807, 2.05) is 13.8 Å². The van der Waals surface area contributed by atoms with Crippen LogP contribution < -0.4 is 0 Å². The van der Waals surface area contributed by atoms with E-state index in [9.17, 15) is 9.90 Å². The van der Waals surface area contributed by atoms with Gasteiger partial charge in [0.15, 0.2) is 0 Å². The van der Waals surface area contributed by atoms with Crippen LogP contribution in [0.5, 0.6) is 0 Å². The molecule has 0 aromatic rings. The average Bonchev–Trinajstić information content (AvgIpc) is 2.28.